The van der Waals surface area contributed by atoms with Gasteiger partial charge in [-0.05, 0) is 44.7 Å². The summed E-state index contributed by atoms with van der Waals surface area (Å²) in [5.41, 5.74) is 7.22. The number of piperidine rings is 1. The molecule has 16 heavy (non-hydrogen) atoms. The third kappa shape index (κ3) is 2.07. The molecule has 3 N–H and O–H groups in total. The molecule has 3 rings (SSSR count). The number of hydrogen-bond acceptors (Lipinski definition) is 3. The number of hydrogen-bond donors (Lipinski definition) is 2. The molecule has 1 aliphatic carbocycles. The zero-order valence-corrected chi connectivity index (χ0v) is 9.65. The number of nitrogens with two attached hydrogens (primary N) is 1. The predicted molar refractivity (Wildman–Crippen MR) is 64.2 cm³/mol. The van der Waals surface area contributed by atoms with E-state index >= 15 is 0 Å². The Morgan fingerprint density at radius 3 is 2.75 bits per heavy atom. The zero-order valence-electron chi connectivity index (χ0n) is 9.65. The molecule has 4 nitrogen and oxygen atoms in total. The van der Waals surface area contributed by atoms with Crippen molar-refractivity contribution in [3.05, 3.63) is 11.8 Å². The topological polar surface area (TPSA) is 55.9 Å². The lowest BCUT2D eigenvalue weighted by Crippen LogP contribution is -2.30. The largest absolute Gasteiger partial charge is 0.384 e. The van der Waals surface area contributed by atoms with Gasteiger partial charge in [-0.1, -0.05) is 0 Å². The van der Waals surface area contributed by atoms with Crippen LogP contribution in [-0.2, 0) is 6.54 Å². The van der Waals surface area contributed by atoms with Gasteiger partial charge < -0.3 is 11.1 Å². The van der Waals surface area contributed by atoms with E-state index in [4.69, 9.17) is 5.73 Å². The van der Waals surface area contributed by atoms with Gasteiger partial charge in [0.25, 0.3) is 0 Å². The van der Waals surface area contributed by atoms with E-state index in [0.717, 1.165) is 31.4 Å². The van der Waals surface area contributed by atoms with E-state index in [-0.39, 0.29) is 0 Å². The average molecular weight is 220 g/mol. The van der Waals surface area contributed by atoms with Crippen molar-refractivity contribution in [1.82, 2.24) is 15.1 Å². The molecule has 2 fully saturated rings. The second kappa shape index (κ2) is 4.09. The molecule has 0 bridgehead atoms. The molecule has 88 valence electrons. The highest BCUT2D eigenvalue weighted by molar-refractivity contribution is 5.33. The third-order valence-corrected chi connectivity index (χ3v) is 3.72. The number of nitrogens with zero attached hydrogens (tertiary/aromatic N) is 2. The van der Waals surface area contributed by atoms with Crippen LogP contribution in [0.15, 0.2) is 6.07 Å². The van der Waals surface area contributed by atoms with Crippen molar-refractivity contribution in [2.45, 2.75) is 38.1 Å². The fraction of sp³-hybridized carbons (Fsp3) is 0.750. The maximum atomic E-state index is 6.01. The molecule has 2 heterocycles. The molecular weight excluding hydrogens is 200 g/mol. The molecule has 2 aliphatic rings. The van der Waals surface area contributed by atoms with Gasteiger partial charge in [-0.2, -0.15) is 5.10 Å². The SMILES string of the molecule is Nc1cc(C2CC2)nn1CC1CCNCC1. The standard InChI is InChI=1S/C12H20N4/c13-12-7-11(10-1-2-10)15-16(12)8-9-3-5-14-6-4-9/h7,9-10,14H,1-6,8,13H2. The summed E-state index contributed by atoms with van der Waals surface area (Å²) < 4.78 is 2.02. The van der Waals surface area contributed by atoms with E-state index in [1.54, 1.807) is 0 Å². The molecule has 0 atom stereocenters. The van der Waals surface area contributed by atoms with Gasteiger partial charge in [-0.25, -0.2) is 4.68 Å². The van der Waals surface area contributed by atoms with Crippen molar-refractivity contribution in [3.63, 3.8) is 0 Å². The van der Waals surface area contributed by atoms with Gasteiger partial charge in [0, 0.05) is 18.5 Å². The summed E-state index contributed by atoms with van der Waals surface area (Å²) in [5.74, 6) is 2.30. The number of aromatic nitrogens is 2. The van der Waals surface area contributed by atoms with Crippen molar-refractivity contribution in [2.24, 2.45) is 5.92 Å². The fourth-order valence-corrected chi connectivity index (χ4v) is 2.49. The van der Waals surface area contributed by atoms with Gasteiger partial charge in [-0.15, -0.1) is 0 Å². The summed E-state index contributed by atoms with van der Waals surface area (Å²) in [6.07, 6.45) is 5.09. The summed E-state index contributed by atoms with van der Waals surface area (Å²) in [7, 11) is 0. The highest BCUT2D eigenvalue weighted by Crippen LogP contribution is 2.39. The first kappa shape index (κ1) is 10.1. The van der Waals surface area contributed by atoms with Crippen LogP contribution in [-0.4, -0.2) is 22.9 Å². The molecule has 1 aliphatic heterocycles. The van der Waals surface area contributed by atoms with Gasteiger partial charge >= 0.3 is 0 Å². The van der Waals surface area contributed by atoms with E-state index in [0.29, 0.717) is 5.92 Å². The molecule has 1 saturated heterocycles. The summed E-state index contributed by atoms with van der Waals surface area (Å²) >= 11 is 0. The third-order valence-electron chi connectivity index (χ3n) is 3.72. The van der Waals surface area contributed by atoms with Gasteiger partial charge in [0.05, 0.1) is 5.69 Å². The second-order valence-corrected chi connectivity index (χ2v) is 5.14. The minimum absolute atomic E-state index is 0.705. The lowest BCUT2D eigenvalue weighted by atomic mass is 9.98. The molecule has 0 unspecified atom stereocenters. The highest BCUT2D eigenvalue weighted by atomic mass is 15.3. The Bertz CT molecular complexity index is 361. The molecule has 0 aromatic carbocycles. The van der Waals surface area contributed by atoms with E-state index in [1.165, 1.54) is 31.4 Å². The summed E-state index contributed by atoms with van der Waals surface area (Å²) in [5, 5.41) is 8.02. The fourth-order valence-electron chi connectivity index (χ4n) is 2.49. The van der Waals surface area contributed by atoms with Gasteiger partial charge in [0.15, 0.2) is 0 Å². The summed E-state index contributed by atoms with van der Waals surface area (Å²) in [6.45, 7) is 3.28. The average Bonchev–Trinajstić information content (AvgIpc) is 3.07. The van der Waals surface area contributed by atoms with Crippen LogP contribution in [0.3, 0.4) is 0 Å². The Morgan fingerprint density at radius 2 is 2.06 bits per heavy atom. The zero-order chi connectivity index (χ0) is 11.0. The van der Waals surface area contributed by atoms with Crippen LogP contribution in [0.1, 0.15) is 37.3 Å². The number of nitrogens with one attached hydrogen (secondary N) is 1. The Balaban J connectivity index is 1.68. The summed E-state index contributed by atoms with van der Waals surface area (Å²) in [6, 6.07) is 2.07. The second-order valence-electron chi connectivity index (χ2n) is 5.14. The normalized spacial score (nSPS) is 22.5. The van der Waals surface area contributed by atoms with Crippen LogP contribution >= 0.6 is 0 Å². The monoisotopic (exact) mass is 220 g/mol. The van der Waals surface area contributed by atoms with Crippen molar-refractivity contribution in [1.29, 1.82) is 0 Å². The lowest BCUT2D eigenvalue weighted by Gasteiger charge is -2.22. The molecular formula is C12H20N4. The highest BCUT2D eigenvalue weighted by Gasteiger charge is 2.27. The molecule has 4 heteroatoms. The Kier molecular flexibility index (Phi) is 2.59. The minimum Gasteiger partial charge on any atom is -0.384 e. The van der Waals surface area contributed by atoms with Crippen molar-refractivity contribution >= 4 is 5.82 Å². The van der Waals surface area contributed by atoms with Gasteiger partial charge in [0.1, 0.15) is 5.82 Å². The van der Waals surface area contributed by atoms with Crippen LogP contribution < -0.4 is 11.1 Å². The van der Waals surface area contributed by atoms with Gasteiger partial charge in [-0.3, -0.25) is 0 Å². The first-order valence-corrected chi connectivity index (χ1v) is 6.37. The molecule has 0 radical (unpaired) electrons. The first-order valence-electron chi connectivity index (χ1n) is 6.37. The van der Waals surface area contributed by atoms with Crippen LogP contribution in [0, 0.1) is 5.92 Å². The Labute approximate surface area is 96.2 Å². The molecule has 1 aromatic heterocycles. The Hall–Kier alpha value is -1.03. The molecule has 1 saturated carbocycles. The molecule has 0 amide bonds. The van der Waals surface area contributed by atoms with Crippen LogP contribution in [0.2, 0.25) is 0 Å². The summed E-state index contributed by atoms with van der Waals surface area (Å²) in [4.78, 5) is 0. The Morgan fingerprint density at radius 1 is 1.31 bits per heavy atom. The number of nitrogen functional groups attached to an aromatic ring is 1. The van der Waals surface area contributed by atoms with Crippen molar-refractivity contribution in [2.75, 3.05) is 18.8 Å². The van der Waals surface area contributed by atoms with Crippen LogP contribution in [0.5, 0.6) is 0 Å². The lowest BCUT2D eigenvalue weighted by molar-refractivity contribution is 0.322. The minimum atomic E-state index is 0.705. The van der Waals surface area contributed by atoms with E-state index in [1.807, 2.05) is 4.68 Å². The first-order chi connectivity index (χ1) is 7.83. The quantitative estimate of drug-likeness (QED) is 0.808. The van der Waals surface area contributed by atoms with E-state index in [9.17, 15) is 0 Å². The van der Waals surface area contributed by atoms with E-state index < -0.39 is 0 Å². The molecule has 1 aromatic rings. The van der Waals surface area contributed by atoms with Crippen LogP contribution in [0.4, 0.5) is 5.82 Å². The van der Waals surface area contributed by atoms with Crippen molar-refractivity contribution in [3.8, 4) is 0 Å². The van der Waals surface area contributed by atoms with Crippen LogP contribution in [0.25, 0.3) is 0 Å². The maximum Gasteiger partial charge on any atom is 0.121 e. The predicted octanol–water partition coefficient (Wildman–Crippen LogP) is 1.34. The smallest absolute Gasteiger partial charge is 0.121 e. The van der Waals surface area contributed by atoms with Gasteiger partial charge in [0.2, 0.25) is 0 Å². The van der Waals surface area contributed by atoms with Crippen molar-refractivity contribution < 1.29 is 0 Å². The maximum absolute atomic E-state index is 6.01. The van der Waals surface area contributed by atoms with E-state index in [2.05, 4.69) is 16.5 Å². The number of rotatable bonds is 3. The number of anilines is 1. The molecule has 0 spiro atoms.